The van der Waals surface area contributed by atoms with Crippen molar-refractivity contribution < 1.29 is 9.53 Å². The number of hydrogen-bond donors (Lipinski definition) is 1. The first-order valence-electron chi connectivity index (χ1n) is 8.12. The maximum Gasteiger partial charge on any atom is 0.230 e. The largest absolute Gasteiger partial charge is 0.497 e. The predicted octanol–water partition coefficient (Wildman–Crippen LogP) is 2.89. The molecule has 128 valence electrons. The number of methoxy groups -OCH3 is 1. The minimum Gasteiger partial charge on any atom is -0.497 e. The molecule has 1 aromatic heterocycles. The van der Waals surface area contributed by atoms with Gasteiger partial charge in [-0.2, -0.15) is 0 Å². The van der Waals surface area contributed by atoms with E-state index in [0.717, 1.165) is 42.4 Å². The van der Waals surface area contributed by atoms with Gasteiger partial charge >= 0.3 is 0 Å². The van der Waals surface area contributed by atoms with E-state index >= 15 is 0 Å². The highest BCUT2D eigenvalue weighted by molar-refractivity contribution is 8.00. The summed E-state index contributed by atoms with van der Waals surface area (Å²) in [5, 5.41) is 3.09. The van der Waals surface area contributed by atoms with Gasteiger partial charge in [-0.3, -0.25) is 4.79 Å². The van der Waals surface area contributed by atoms with Crippen molar-refractivity contribution in [3.05, 3.63) is 42.5 Å². The third kappa shape index (κ3) is 4.32. The second kappa shape index (κ2) is 7.30. The van der Waals surface area contributed by atoms with Crippen LogP contribution in [0, 0.1) is 12.3 Å². The van der Waals surface area contributed by atoms with E-state index in [0.29, 0.717) is 5.75 Å². The van der Waals surface area contributed by atoms with Crippen LogP contribution in [0.2, 0.25) is 0 Å². The standard InChI is InChI=1S/C18H23N3O2S/c1-14-19-8-9-21(14)13-18(6-7-18)12-20-17(22)11-24-16-5-3-4-15(10-16)23-2/h3-5,8-10H,6-7,11-13H2,1-2H3,(H,20,22). The summed E-state index contributed by atoms with van der Waals surface area (Å²) < 4.78 is 7.37. The van der Waals surface area contributed by atoms with Crippen molar-refractivity contribution in [3.8, 4) is 5.75 Å². The number of aromatic nitrogens is 2. The lowest BCUT2D eigenvalue weighted by Crippen LogP contribution is -2.33. The van der Waals surface area contributed by atoms with Crippen molar-refractivity contribution in [1.29, 1.82) is 0 Å². The number of aryl methyl sites for hydroxylation is 1. The average molecular weight is 345 g/mol. The lowest BCUT2D eigenvalue weighted by atomic mass is 10.1. The third-order valence-corrected chi connectivity index (χ3v) is 5.45. The summed E-state index contributed by atoms with van der Waals surface area (Å²) in [7, 11) is 1.65. The molecule has 1 aliphatic rings. The number of hydrogen-bond acceptors (Lipinski definition) is 4. The second-order valence-electron chi connectivity index (χ2n) is 6.35. The molecule has 1 heterocycles. The fraction of sp³-hybridized carbons (Fsp3) is 0.444. The summed E-state index contributed by atoms with van der Waals surface area (Å²) in [6.45, 7) is 3.68. The van der Waals surface area contributed by atoms with Crippen molar-refractivity contribution in [1.82, 2.24) is 14.9 Å². The van der Waals surface area contributed by atoms with Crippen LogP contribution in [0.15, 0.2) is 41.6 Å². The normalized spacial score (nSPS) is 15.1. The molecule has 1 aromatic carbocycles. The van der Waals surface area contributed by atoms with Crippen LogP contribution in [0.1, 0.15) is 18.7 Å². The third-order valence-electron chi connectivity index (χ3n) is 4.46. The lowest BCUT2D eigenvalue weighted by Gasteiger charge is -2.17. The van der Waals surface area contributed by atoms with Gasteiger partial charge in [0.15, 0.2) is 0 Å². The summed E-state index contributed by atoms with van der Waals surface area (Å²) in [5.74, 6) is 2.35. The van der Waals surface area contributed by atoms with Crippen LogP contribution in [0.3, 0.4) is 0 Å². The first-order chi connectivity index (χ1) is 11.6. The first kappa shape index (κ1) is 16.9. The topological polar surface area (TPSA) is 56.1 Å². The molecule has 24 heavy (non-hydrogen) atoms. The number of carbonyl (C=O) groups is 1. The highest BCUT2D eigenvalue weighted by Gasteiger charge is 2.43. The van der Waals surface area contributed by atoms with Gasteiger partial charge in [0.1, 0.15) is 11.6 Å². The molecule has 0 saturated heterocycles. The molecule has 0 aliphatic heterocycles. The van der Waals surface area contributed by atoms with Gasteiger partial charge in [0.25, 0.3) is 0 Å². The van der Waals surface area contributed by atoms with E-state index in [-0.39, 0.29) is 11.3 Å². The van der Waals surface area contributed by atoms with Gasteiger partial charge in [0.2, 0.25) is 5.91 Å². The van der Waals surface area contributed by atoms with Crippen molar-refractivity contribution in [2.24, 2.45) is 5.41 Å². The van der Waals surface area contributed by atoms with Crippen LogP contribution in [0.4, 0.5) is 0 Å². The summed E-state index contributed by atoms with van der Waals surface area (Å²) in [6.07, 6.45) is 6.16. The number of carbonyl (C=O) groups excluding carboxylic acids is 1. The molecule has 1 amide bonds. The van der Waals surface area contributed by atoms with E-state index in [2.05, 4.69) is 14.9 Å². The lowest BCUT2D eigenvalue weighted by molar-refractivity contribution is -0.118. The highest BCUT2D eigenvalue weighted by atomic mass is 32.2. The van der Waals surface area contributed by atoms with E-state index in [1.807, 2.05) is 43.6 Å². The molecule has 1 N–H and O–H groups in total. The first-order valence-corrected chi connectivity index (χ1v) is 9.10. The number of nitrogens with one attached hydrogen (secondary N) is 1. The number of thioether (sulfide) groups is 1. The molecule has 1 saturated carbocycles. The molecule has 0 spiro atoms. The fourth-order valence-electron chi connectivity index (χ4n) is 2.68. The van der Waals surface area contributed by atoms with Crippen molar-refractivity contribution in [2.75, 3.05) is 19.4 Å². The molecule has 0 unspecified atom stereocenters. The SMILES string of the molecule is COc1cccc(SCC(=O)NCC2(Cn3ccnc3C)CC2)c1. The van der Waals surface area contributed by atoms with Crippen LogP contribution in [-0.2, 0) is 11.3 Å². The van der Waals surface area contributed by atoms with Gasteiger partial charge < -0.3 is 14.6 Å². The molecule has 0 atom stereocenters. The zero-order chi connectivity index (χ0) is 17.0. The Morgan fingerprint density at radius 1 is 1.46 bits per heavy atom. The van der Waals surface area contributed by atoms with Gasteiger partial charge in [0, 0.05) is 35.8 Å². The Labute approximate surface area is 146 Å². The van der Waals surface area contributed by atoms with Crippen molar-refractivity contribution >= 4 is 17.7 Å². The molecular formula is C18H23N3O2S. The van der Waals surface area contributed by atoms with Gasteiger partial charge in [-0.15, -0.1) is 11.8 Å². The number of imidazole rings is 1. The molecular weight excluding hydrogens is 322 g/mol. The smallest absolute Gasteiger partial charge is 0.230 e. The zero-order valence-corrected chi connectivity index (χ0v) is 14.9. The maximum atomic E-state index is 12.1. The van der Waals surface area contributed by atoms with Gasteiger partial charge in [-0.05, 0) is 38.0 Å². The van der Waals surface area contributed by atoms with E-state index < -0.39 is 0 Å². The monoisotopic (exact) mass is 345 g/mol. The predicted molar refractivity (Wildman–Crippen MR) is 95.4 cm³/mol. The molecule has 3 rings (SSSR count). The molecule has 0 bridgehead atoms. The molecule has 5 nitrogen and oxygen atoms in total. The van der Waals surface area contributed by atoms with E-state index in [9.17, 15) is 4.79 Å². The summed E-state index contributed by atoms with van der Waals surface area (Å²) in [6, 6.07) is 7.78. The van der Waals surface area contributed by atoms with Crippen molar-refractivity contribution in [3.63, 3.8) is 0 Å². The Kier molecular flexibility index (Phi) is 5.14. The van der Waals surface area contributed by atoms with Crippen LogP contribution < -0.4 is 10.1 Å². The van der Waals surface area contributed by atoms with Crippen LogP contribution in [0.5, 0.6) is 5.75 Å². The van der Waals surface area contributed by atoms with Gasteiger partial charge in [-0.1, -0.05) is 6.07 Å². The Morgan fingerprint density at radius 3 is 2.96 bits per heavy atom. The molecule has 2 aromatic rings. The van der Waals surface area contributed by atoms with Gasteiger partial charge in [-0.25, -0.2) is 4.98 Å². The number of ether oxygens (including phenoxy) is 1. The Bertz CT molecular complexity index is 710. The van der Waals surface area contributed by atoms with Crippen molar-refractivity contribution in [2.45, 2.75) is 31.2 Å². The number of nitrogens with zero attached hydrogens (tertiary/aromatic N) is 2. The number of benzene rings is 1. The van der Waals surface area contributed by atoms with E-state index in [4.69, 9.17) is 4.74 Å². The second-order valence-corrected chi connectivity index (χ2v) is 7.40. The number of rotatable bonds is 8. The maximum absolute atomic E-state index is 12.1. The minimum absolute atomic E-state index is 0.0800. The fourth-order valence-corrected chi connectivity index (χ4v) is 3.45. The summed E-state index contributed by atoms with van der Waals surface area (Å²) >= 11 is 1.53. The molecule has 6 heteroatoms. The molecule has 1 aliphatic carbocycles. The molecule has 0 radical (unpaired) electrons. The summed E-state index contributed by atoms with van der Waals surface area (Å²) in [5.41, 5.74) is 0.210. The van der Waals surface area contributed by atoms with E-state index in [1.54, 1.807) is 7.11 Å². The minimum atomic E-state index is 0.0800. The van der Waals surface area contributed by atoms with Gasteiger partial charge in [0.05, 0.1) is 12.9 Å². The van der Waals surface area contributed by atoms with Crippen LogP contribution in [0.25, 0.3) is 0 Å². The highest BCUT2D eigenvalue weighted by Crippen LogP contribution is 2.46. The zero-order valence-electron chi connectivity index (χ0n) is 14.1. The van der Waals surface area contributed by atoms with Crippen LogP contribution >= 0.6 is 11.8 Å². The summed E-state index contributed by atoms with van der Waals surface area (Å²) in [4.78, 5) is 17.4. The van der Waals surface area contributed by atoms with E-state index in [1.165, 1.54) is 11.8 Å². The Hall–Kier alpha value is -1.95. The average Bonchev–Trinajstić information content (AvgIpc) is 3.26. The number of amides is 1. The quantitative estimate of drug-likeness (QED) is 0.748. The van der Waals surface area contributed by atoms with Crippen LogP contribution in [-0.4, -0.2) is 34.9 Å². The Morgan fingerprint density at radius 2 is 2.29 bits per heavy atom. The molecule has 1 fully saturated rings. The Balaban J connectivity index is 1.44.